The van der Waals surface area contributed by atoms with Crippen molar-refractivity contribution in [3.63, 3.8) is 0 Å². The number of hydrogen-bond acceptors (Lipinski definition) is 1. The van der Waals surface area contributed by atoms with Crippen molar-refractivity contribution in [2.45, 2.75) is 57.3 Å². The SMILES string of the molecule is CC1(C)c2ccccc2-c2ccc(N(c3ccc(-c4c(-c5ccccc5)cccc4-c4ccccc4)cc3)c3c(C4CCCCC4)ccc4ccccc34)cc21. The van der Waals surface area contributed by atoms with Crippen LogP contribution in [-0.4, -0.2) is 0 Å². The molecule has 0 spiro atoms. The minimum Gasteiger partial charge on any atom is -0.310 e. The lowest BCUT2D eigenvalue weighted by Crippen LogP contribution is -2.18. The van der Waals surface area contributed by atoms with E-state index < -0.39 is 0 Å². The quantitative estimate of drug-likeness (QED) is 0.158. The molecule has 2 aliphatic carbocycles. The van der Waals surface area contributed by atoms with Crippen molar-refractivity contribution >= 4 is 27.8 Å². The third-order valence-corrected chi connectivity index (χ3v) is 12.7. The molecule has 8 aromatic carbocycles. The summed E-state index contributed by atoms with van der Waals surface area (Å²) in [5.41, 5.74) is 18.0. The molecule has 272 valence electrons. The summed E-state index contributed by atoms with van der Waals surface area (Å²) in [4.78, 5) is 2.59. The second-order valence-corrected chi connectivity index (χ2v) is 16.3. The van der Waals surface area contributed by atoms with E-state index in [0.29, 0.717) is 5.92 Å². The van der Waals surface area contributed by atoms with Gasteiger partial charge in [0, 0.05) is 22.2 Å². The van der Waals surface area contributed by atoms with Crippen molar-refractivity contribution in [2.75, 3.05) is 4.90 Å². The number of rotatable bonds is 7. The van der Waals surface area contributed by atoms with Crippen LogP contribution in [-0.2, 0) is 5.41 Å². The van der Waals surface area contributed by atoms with Gasteiger partial charge in [-0.3, -0.25) is 0 Å². The smallest absolute Gasteiger partial charge is 0.0574 e. The maximum Gasteiger partial charge on any atom is 0.0574 e. The van der Waals surface area contributed by atoms with Crippen molar-refractivity contribution in [1.82, 2.24) is 0 Å². The fourth-order valence-electron chi connectivity index (χ4n) is 9.86. The number of anilines is 3. The van der Waals surface area contributed by atoms with Crippen molar-refractivity contribution < 1.29 is 0 Å². The van der Waals surface area contributed by atoms with Gasteiger partial charge in [-0.1, -0.05) is 191 Å². The fraction of sp³-hybridized carbons (Fsp3) is 0.164. The summed E-state index contributed by atoms with van der Waals surface area (Å²) < 4.78 is 0. The summed E-state index contributed by atoms with van der Waals surface area (Å²) in [5, 5.41) is 2.59. The highest BCUT2D eigenvalue weighted by Gasteiger charge is 2.36. The monoisotopic (exact) mass is 721 g/mol. The van der Waals surface area contributed by atoms with Crippen LogP contribution in [0.25, 0.3) is 55.3 Å². The second kappa shape index (κ2) is 14.2. The zero-order valence-corrected chi connectivity index (χ0v) is 32.4. The van der Waals surface area contributed by atoms with Gasteiger partial charge in [-0.15, -0.1) is 0 Å². The van der Waals surface area contributed by atoms with E-state index >= 15 is 0 Å². The van der Waals surface area contributed by atoms with Gasteiger partial charge in [0.05, 0.1) is 5.69 Å². The van der Waals surface area contributed by atoms with Crippen molar-refractivity contribution in [1.29, 1.82) is 0 Å². The van der Waals surface area contributed by atoms with Crippen LogP contribution in [0.4, 0.5) is 17.1 Å². The summed E-state index contributed by atoms with van der Waals surface area (Å²) >= 11 is 0. The molecule has 0 unspecified atom stereocenters. The van der Waals surface area contributed by atoms with Gasteiger partial charge in [-0.25, -0.2) is 0 Å². The summed E-state index contributed by atoms with van der Waals surface area (Å²) in [6, 6.07) is 67.9. The lowest BCUT2D eigenvalue weighted by Gasteiger charge is -2.34. The third kappa shape index (κ3) is 5.85. The number of hydrogen-bond donors (Lipinski definition) is 0. The average Bonchev–Trinajstić information content (AvgIpc) is 3.50. The minimum absolute atomic E-state index is 0.0998. The molecule has 0 bridgehead atoms. The zero-order valence-electron chi connectivity index (χ0n) is 32.4. The summed E-state index contributed by atoms with van der Waals surface area (Å²) in [6.45, 7) is 4.78. The van der Waals surface area contributed by atoms with Crippen molar-refractivity contribution in [2.24, 2.45) is 0 Å². The van der Waals surface area contributed by atoms with Gasteiger partial charge in [0.1, 0.15) is 0 Å². The Morgan fingerprint density at radius 3 is 1.75 bits per heavy atom. The maximum atomic E-state index is 2.59. The molecule has 10 rings (SSSR count). The molecule has 0 atom stereocenters. The summed E-state index contributed by atoms with van der Waals surface area (Å²) in [7, 11) is 0. The second-order valence-electron chi connectivity index (χ2n) is 16.3. The molecule has 0 aromatic heterocycles. The average molecular weight is 722 g/mol. The van der Waals surface area contributed by atoms with Gasteiger partial charge >= 0.3 is 0 Å². The first-order valence-corrected chi connectivity index (χ1v) is 20.5. The predicted molar refractivity (Wildman–Crippen MR) is 238 cm³/mol. The first-order chi connectivity index (χ1) is 27.6. The molecule has 56 heavy (non-hydrogen) atoms. The standard InChI is InChI=1S/C55H47N/c1-55(2)51-28-15-14-25-49(51)50-36-34-44(37-52(50)55)56(54-47-24-13-12-23-41(47)31-35-48(54)40-21-10-5-11-22-40)43-32-29-42(30-33-43)53-45(38-17-6-3-7-18-38)26-16-27-46(53)39-19-8-4-9-20-39/h3-4,6-9,12-20,23-37,40H,5,10-11,21-22H2,1-2H3. The van der Waals surface area contributed by atoms with E-state index in [1.807, 2.05) is 0 Å². The topological polar surface area (TPSA) is 3.24 Å². The summed E-state index contributed by atoms with van der Waals surface area (Å²) in [6.07, 6.45) is 6.40. The molecule has 0 heterocycles. The molecule has 1 saturated carbocycles. The van der Waals surface area contributed by atoms with Gasteiger partial charge < -0.3 is 4.90 Å². The van der Waals surface area contributed by atoms with E-state index in [1.54, 1.807) is 0 Å². The molecule has 1 fully saturated rings. The van der Waals surface area contributed by atoms with Crippen LogP contribution in [0.5, 0.6) is 0 Å². The summed E-state index contributed by atoms with van der Waals surface area (Å²) in [5.74, 6) is 0.534. The van der Waals surface area contributed by atoms with Crippen LogP contribution in [0.3, 0.4) is 0 Å². The Morgan fingerprint density at radius 2 is 1.04 bits per heavy atom. The predicted octanol–water partition coefficient (Wildman–Crippen LogP) is 15.7. The molecule has 0 radical (unpaired) electrons. The van der Waals surface area contributed by atoms with E-state index in [1.165, 1.54) is 121 Å². The molecule has 0 aliphatic heterocycles. The Balaban J connectivity index is 1.19. The minimum atomic E-state index is -0.0998. The van der Waals surface area contributed by atoms with Crippen LogP contribution in [0.1, 0.15) is 68.6 Å². The highest BCUT2D eigenvalue weighted by molar-refractivity contribution is 6.02. The van der Waals surface area contributed by atoms with Crippen LogP contribution in [0.2, 0.25) is 0 Å². The van der Waals surface area contributed by atoms with Crippen LogP contribution >= 0.6 is 0 Å². The van der Waals surface area contributed by atoms with Gasteiger partial charge in [-0.05, 0) is 110 Å². The number of benzene rings is 8. The lowest BCUT2D eigenvalue weighted by atomic mass is 9.81. The lowest BCUT2D eigenvalue weighted by molar-refractivity contribution is 0.444. The molecule has 1 heteroatoms. The van der Waals surface area contributed by atoms with E-state index in [-0.39, 0.29) is 5.41 Å². The Bertz CT molecular complexity index is 2620. The Morgan fingerprint density at radius 1 is 0.446 bits per heavy atom. The molecular weight excluding hydrogens is 675 g/mol. The van der Waals surface area contributed by atoms with E-state index in [2.05, 4.69) is 201 Å². The number of fused-ring (bicyclic) bond motifs is 4. The maximum absolute atomic E-state index is 2.59. The Kier molecular flexibility index (Phi) is 8.67. The van der Waals surface area contributed by atoms with Gasteiger partial charge in [0.25, 0.3) is 0 Å². The largest absolute Gasteiger partial charge is 0.310 e. The molecule has 0 saturated heterocycles. The molecule has 2 aliphatic rings. The molecule has 0 N–H and O–H groups in total. The fourth-order valence-corrected chi connectivity index (χ4v) is 9.86. The highest BCUT2D eigenvalue weighted by Crippen LogP contribution is 2.53. The van der Waals surface area contributed by atoms with E-state index in [0.717, 1.165) is 0 Å². The molecular formula is C55H47N. The number of nitrogens with zero attached hydrogens (tertiary/aromatic N) is 1. The third-order valence-electron chi connectivity index (χ3n) is 12.7. The van der Waals surface area contributed by atoms with Crippen LogP contribution in [0.15, 0.2) is 182 Å². The van der Waals surface area contributed by atoms with E-state index in [4.69, 9.17) is 0 Å². The molecule has 8 aromatic rings. The van der Waals surface area contributed by atoms with Crippen molar-refractivity contribution in [3.05, 3.63) is 199 Å². The van der Waals surface area contributed by atoms with Crippen molar-refractivity contribution in [3.8, 4) is 44.5 Å². The highest BCUT2D eigenvalue weighted by atomic mass is 15.1. The Hall–Kier alpha value is -6.18. The van der Waals surface area contributed by atoms with Gasteiger partial charge in [0.15, 0.2) is 0 Å². The van der Waals surface area contributed by atoms with Crippen LogP contribution in [0, 0.1) is 0 Å². The molecule has 0 amide bonds. The van der Waals surface area contributed by atoms with Gasteiger partial charge in [0.2, 0.25) is 0 Å². The Labute approximate surface area is 331 Å². The molecule has 1 nitrogen and oxygen atoms in total. The normalized spacial score (nSPS) is 14.7. The van der Waals surface area contributed by atoms with Crippen LogP contribution < -0.4 is 4.90 Å². The van der Waals surface area contributed by atoms with E-state index in [9.17, 15) is 0 Å². The zero-order chi connectivity index (χ0) is 37.6. The van der Waals surface area contributed by atoms with Gasteiger partial charge in [-0.2, -0.15) is 0 Å². The first-order valence-electron chi connectivity index (χ1n) is 20.5. The first kappa shape index (κ1) is 34.3.